The Morgan fingerprint density at radius 3 is 2.50 bits per heavy atom. The van der Waals surface area contributed by atoms with E-state index in [1.54, 1.807) is 11.8 Å². The number of amides is 1. The lowest BCUT2D eigenvalue weighted by atomic mass is 9.94. The van der Waals surface area contributed by atoms with Crippen molar-refractivity contribution in [1.82, 2.24) is 4.90 Å². The molecule has 1 fully saturated rings. The smallest absolute Gasteiger partial charge is 0.232 e. The zero-order chi connectivity index (χ0) is 14.6. The van der Waals surface area contributed by atoms with E-state index in [9.17, 15) is 9.90 Å². The summed E-state index contributed by atoms with van der Waals surface area (Å²) in [5, 5.41) is 9.88. The number of piperidine rings is 1. The maximum absolute atomic E-state index is 12.1. The number of rotatable bonds is 4. The van der Waals surface area contributed by atoms with Crippen LogP contribution in [0.15, 0.2) is 24.3 Å². The van der Waals surface area contributed by atoms with Gasteiger partial charge in [-0.15, -0.1) is 11.8 Å². The van der Waals surface area contributed by atoms with E-state index in [0.29, 0.717) is 31.7 Å². The maximum atomic E-state index is 12.1. The SMILES string of the molecule is Cc1ccc(CSCC(=O)N2CCC(C)(O)CC2)cc1. The summed E-state index contributed by atoms with van der Waals surface area (Å²) in [7, 11) is 0. The molecule has 2 rings (SSSR count). The topological polar surface area (TPSA) is 40.5 Å². The van der Waals surface area contributed by atoms with Gasteiger partial charge in [-0.25, -0.2) is 0 Å². The molecule has 0 aromatic heterocycles. The lowest BCUT2D eigenvalue weighted by Crippen LogP contribution is -2.45. The summed E-state index contributed by atoms with van der Waals surface area (Å²) in [5.41, 5.74) is 1.93. The fourth-order valence-electron chi connectivity index (χ4n) is 2.27. The first-order chi connectivity index (χ1) is 9.46. The summed E-state index contributed by atoms with van der Waals surface area (Å²) in [6.07, 6.45) is 1.36. The monoisotopic (exact) mass is 293 g/mol. The second-order valence-corrected chi connectivity index (χ2v) is 6.84. The predicted octanol–water partition coefficient (Wildman–Crippen LogP) is 2.60. The number of nitrogens with zero attached hydrogens (tertiary/aromatic N) is 1. The fourth-order valence-corrected chi connectivity index (χ4v) is 3.16. The fraction of sp³-hybridized carbons (Fsp3) is 0.562. The van der Waals surface area contributed by atoms with E-state index in [1.165, 1.54) is 11.1 Å². The number of benzene rings is 1. The highest BCUT2D eigenvalue weighted by molar-refractivity contribution is 7.99. The highest BCUT2D eigenvalue weighted by Crippen LogP contribution is 2.22. The standard InChI is InChI=1S/C16H23NO2S/c1-13-3-5-14(6-4-13)11-20-12-15(18)17-9-7-16(2,19)8-10-17/h3-6,19H,7-12H2,1-2H3. The van der Waals surface area contributed by atoms with Crippen LogP contribution in [0.1, 0.15) is 30.9 Å². The molecule has 0 spiro atoms. The number of likely N-dealkylation sites (tertiary alicyclic amines) is 1. The highest BCUT2D eigenvalue weighted by Gasteiger charge is 2.29. The van der Waals surface area contributed by atoms with Crippen molar-refractivity contribution in [3.8, 4) is 0 Å². The van der Waals surface area contributed by atoms with E-state index in [-0.39, 0.29) is 5.91 Å². The Hall–Kier alpha value is -1.00. The third-order valence-corrected chi connectivity index (χ3v) is 4.80. The number of aryl methyl sites for hydroxylation is 1. The minimum absolute atomic E-state index is 0.192. The number of aliphatic hydroxyl groups is 1. The number of thioether (sulfide) groups is 1. The molecular weight excluding hydrogens is 270 g/mol. The molecule has 1 N–H and O–H groups in total. The van der Waals surface area contributed by atoms with Gasteiger partial charge in [-0.3, -0.25) is 4.79 Å². The molecule has 0 radical (unpaired) electrons. The van der Waals surface area contributed by atoms with Gasteiger partial charge in [0.25, 0.3) is 0 Å². The van der Waals surface area contributed by atoms with Crippen LogP contribution in [0.2, 0.25) is 0 Å². The van der Waals surface area contributed by atoms with Gasteiger partial charge < -0.3 is 10.0 Å². The first kappa shape index (κ1) is 15.4. The van der Waals surface area contributed by atoms with Crippen LogP contribution < -0.4 is 0 Å². The number of hydrogen-bond acceptors (Lipinski definition) is 3. The molecule has 1 aromatic carbocycles. The van der Waals surface area contributed by atoms with Crippen LogP contribution in [0.5, 0.6) is 0 Å². The molecule has 110 valence electrons. The first-order valence-electron chi connectivity index (χ1n) is 7.10. The second kappa shape index (κ2) is 6.64. The van der Waals surface area contributed by atoms with Crippen molar-refractivity contribution < 1.29 is 9.90 Å². The van der Waals surface area contributed by atoms with Gasteiger partial charge in [0, 0.05) is 18.8 Å². The highest BCUT2D eigenvalue weighted by atomic mass is 32.2. The van der Waals surface area contributed by atoms with Gasteiger partial charge in [0.1, 0.15) is 0 Å². The molecule has 1 aliphatic rings. The van der Waals surface area contributed by atoms with Crippen molar-refractivity contribution in [3.05, 3.63) is 35.4 Å². The lowest BCUT2D eigenvalue weighted by Gasteiger charge is -2.35. The molecule has 20 heavy (non-hydrogen) atoms. The van der Waals surface area contributed by atoms with Gasteiger partial charge in [0.2, 0.25) is 5.91 Å². The molecule has 0 bridgehead atoms. The molecule has 0 saturated carbocycles. The third kappa shape index (κ3) is 4.53. The summed E-state index contributed by atoms with van der Waals surface area (Å²) in [6, 6.07) is 8.44. The summed E-state index contributed by atoms with van der Waals surface area (Å²) in [5.74, 6) is 1.59. The van der Waals surface area contributed by atoms with Crippen LogP contribution in [0.3, 0.4) is 0 Å². The van der Waals surface area contributed by atoms with Crippen LogP contribution >= 0.6 is 11.8 Å². The molecule has 1 aromatic rings. The third-order valence-electron chi connectivity index (χ3n) is 3.81. The lowest BCUT2D eigenvalue weighted by molar-refractivity contribution is -0.132. The predicted molar refractivity (Wildman–Crippen MR) is 83.8 cm³/mol. The molecule has 1 aliphatic heterocycles. The molecule has 4 heteroatoms. The molecular formula is C16H23NO2S. The number of hydrogen-bond donors (Lipinski definition) is 1. The summed E-state index contributed by atoms with van der Waals surface area (Å²) in [4.78, 5) is 14.0. The van der Waals surface area contributed by atoms with E-state index >= 15 is 0 Å². The minimum atomic E-state index is -0.591. The molecule has 3 nitrogen and oxygen atoms in total. The van der Waals surface area contributed by atoms with Crippen LogP contribution in [0.4, 0.5) is 0 Å². The van der Waals surface area contributed by atoms with E-state index in [4.69, 9.17) is 0 Å². The second-order valence-electron chi connectivity index (χ2n) is 5.86. The molecule has 1 heterocycles. The average Bonchev–Trinajstić information content (AvgIpc) is 2.41. The Balaban J connectivity index is 1.71. The van der Waals surface area contributed by atoms with E-state index in [0.717, 1.165) is 5.75 Å². The van der Waals surface area contributed by atoms with E-state index in [1.807, 2.05) is 11.8 Å². The summed E-state index contributed by atoms with van der Waals surface area (Å²) in [6.45, 7) is 5.28. The Bertz CT molecular complexity index is 446. The van der Waals surface area contributed by atoms with Crippen molar-refractivity contribution in [1.29, 1.82) is 0 Å². The largest absolute Gasteiger partial charge is 0.390 e. The van der Waals surface area contributed by atoms with Gasteiger partial charge in [-0.05, 0) is 32.3 Å². The zero-order valence-corrected chi connectivity index (χ0v) is 13.1. The van der Waals surface area contributed by atoms with Gasteiger partial charge in [-0.2, -0.15) is 0 Å². The maximum Gasteiger partial charge on any atom is 0.232 e. The number of carbonyl (C=O) groups excluding carboxylic acids is 1. The van der Waals surface area contributed by atoms with Crippen LogP contribution in [-0.2, 0) is 10.5 Å². The Morgan fingerprint density at radius 2 is 1.90 bits per heavy atom. The average molecular weight is 293 g/mol. The summed E-state index contributed by atoms with van der Waals surface area (Å²) >= 11 is 1.66. The van der Waals surface area contributed by atoms with E-state index < -0.39 is 5.60 Å². The van der Waals surface area contributed by atoms with Crippen molar-refractivity contribution in [3.63, 3.8) is 0 Å². The van der Waals surface area contributed by atoms with Gasteiger partial charge in [0.05, 0.1) is 11.4 Å². The Kier molecular flexibility index (Phi) is 5.11. The number of carbonyl (C=O) groups is 1. The van der Waals surface area contributed by atoms with Gasteiger partial charge >= 0.3 is 0 Å². The molecule has 0 atom stereocenters. The van der Waals surface area contributed by atoms with Crippen LogP contribution in [0.25, 0.3) is 0 Å². The van der Waals surface area contributed by atoms with Crippen molar-refractivity contribution in [2.24, 2.45) is 0 Å². The molecule has 0 unspecified atom stereocenters. The molecule has 0 aliphatic carbocycles. The van der Waals surface area contributed by atoms with E-state index in [2.05, 4.69) is 31.2 Å². The van der Waals surface area contributed by atoms with Crippen molar-refractivity contribution in [2.45, 2.75) is 38.0 Å². The van der Waals surface area contributed by atoms with Gasteiger partial charge in [0.15, 0.2) is 0 Å². The van der Waals surface area contributed by atoms with Crippen molar-refractivity contribution in [2.75, 3.05) is 18.8 Å². The van der Waals surface area contributed by atoms with Crippen molar-refractivity contribution >= 4 is 17.7 Å². The molecule has 1 saturated heterocycles. The van der Waals surface area contributed by atoms with Crippen LogP contribution in [0, 0.1) is 6.92 Å². The zero-order valence-electron chi connectivity index (χ0n) is 12.3. The molecule has 1 amide bonds. The van der Waals surface area contributed by atoms with Gasteiger partial charge in [-0.1, -0.05) is 29.8 Å². The Morgan fingerprint density at radius 1 is 1.30 bits per heavy atom. The Labute approximate surface area is 125 Å². The quantitative estimate of drug-likeness (QED) is 0.927. The normalized spacial score (nSPS) is 18.1. The van der Waals surface area contributed by atoms with Crippen LogP contribution in [-0.4, -0.2) is 40.4 Å². The first-order valence-corrected chi connectivity index (χ1v) is 8.25. The summed E-state index contributed by atoms with van der Waals surface area (Å²) < 4.78 is 0. The minimum Gasteiger partial charge on any atom is -0.390 e.